The second-order valence-electron chi connectivity index (χ2n) is 4.48. The number of hydrogen-bond donors (Lipinski definition) is 0. The highest BCUT2D eigenvalue weighted by molar-refractivity contribution is 5.97. The highest BCUT2D eigenvalue weighted by Gasteiger charge is 2.47. The number of rotatable bonds is 1. The minimum atomic E-state index is 0.232. The van der Waals surface area contributed by atoms with Crippen LogP contribution < -0.4 is 0 Å². The topological polar surface area (TPSA) is 17.1 Å². The van der Waals surface area contributed by atoms with Gasteiger partial charge in [0.1, 0.15) is 0 Å². The first-order valence-electron chi connectivity index (χ1n) is 5.01. The summed E-state index contributed by atoms with van der Waals surface area (Å²) in [6.45, 7) is 7.71. The summed E-state index contributed by atoms with van der Waals surface area (Å²) >= 11 is 0. The molecule has 0 radical (unpaired) electrons. The maximum Gasteiger partial charge on any atom is 0.158 e. The Morgan fingerprint density at radius 2 is 2.23 bits per heavy atom. The Labute approximate surface area is 79.5 Å². The second-order valence-corrected chi connectivity index (χ2v) is 4.48. The van der Waals surface area contributed by atoms with Crippen LogP contribution in [0.5, 0.6) is 0 Å². The summed E-state index contributed by atoms with van der Waals surface area (Å²) in [6, 6.07) is 0. The van der Waals surface area contributed by atoms with E-state index < -0.39 is 0 Å². The molecule has 0 aromatic heterocycles. The van der Waals surface area contributed by atoms with Crippen LogP contribution >= 0.6 is 0 Å². The average Bonchev–Trinajstić information content (AvgIpc) is 2.59. The lowest BCUT2D eigenvalue weighted by atomic mass is 9.76. The Morgan fingerprint density at radius 1 is 1.46 bits per heavy atom. The molecule has 2 fully saturated rings. The van der Waals surface area contributed by atoms with Crippen LogP contribution in [0.2, 0.25) is 0 Å². The van der Waals surface area contributed by atoms with E-state index in [1.54, 1.807) is 0 Å². The molecular weight excluding hydrogens is 160 g/mol. The molecule has 13 heavy (non-hydrogen) atoms. The predicted molar refractivity (Wildman–Crippen MR) is 53.4 cm³/mol. The fourth-order valence-electron chi connectivity index (χ4n) is 3.00. The van der Waals surface area contributed by atoms with E-state index in [9.17, 15) is 4.79 Å². The van der Waals surface area contributed by atoms with Crippen molar-refractivity contribution in [3.05, 3.63) is 24.8 Å². The summed E-state index contributed by atoms with van der Waals surface area (Å²) in [5.74, 6) is 0.837. The van der Waals surface area contributed by atoms with E-state index in [0.717, 1.165) is 18.4 Å². The van der Waals surface area contributed by atoms with Gasteiger partial charge in [0.25, 0.3) is 0 Å². The zero-order valence-electron chi connectivity index (χ0n) is 8.01. The first-order valence-corrected chi connectivity index (χ1v) is 5.01. The molecule has 1 heteroatoms. The van der Waals surface area contributed by atoms with E-state index in [0.29, 0.717) is 5.92 Å². The van der Waals surface area contributed by atoms with Gasteiger partial charge in [0, 0.05) is 6.42 Å². The molecule has 70 valence electrons. The van der Waals surface area contributed by atoms with Crippen LogP contribution in [0.15, 0.2) is 24.8 Å². The number of carbonyl (C=O) groups is 1. The van der Waals surface area contributed by atoms with Crippen LogP contribution in [0.3, 0.4) is 0 Å². The number of Topliss-reactive ketones (excluding diaryl/α,β-unsaturated/α-hetero) is 1. The van der Waals surface area contributed by atoms with E-state index in [1.807, 2.05) is 6.08 Å². The van der Waals surface area contributed by atoms with Gasteiger partial charge in [-0.1, -0.05) is 19.1 Å². The molecule has 2 saturated carbocycles. The monoisotopic (exact) mass is 176 g/mol. The van der Waals surface area contributed by atoms with Gasteiger partial charge in [0.15, 0.2) is 5.78 Å². The normalized spacial score (nSPS) is 38.9. The van der Waals surface area contributed by atoms with Crippen LogP contribution in [0.25, 0.3) is 0 Å². The molecule has 0 aromatic carbocycles. The highest BCUT2D eigenvalue weighted by Crippen LogP contribution is 2.54. The van der Waals surface area contributed by atoms with Crippen LogP contribution in [-0.4, -0.2) is 5.78 Å². The third kappa shape index (κ3) is 1.18. The standard InChI is InChI=1S/C12H16O/c1-3-10-5-4-6-12(10)7-9(2)11(13)8-12/h3,10H,1-2,4-8H2. The summed E-state index contributed by atoms with van der Waals surface area (Å²) in [7, 11) is 0. The van der Waals surface area contributed by atoms with E-state index in [1.165, 1.54) is 19.3 Å². The van der Waals surface area contributed by atoms with Crippen molar-refractivity contribution in [2.45, 2.75) is 32.1 Å². The summed E-state index contributed by atoms with van der Waals surface area (Å²) < 4.78 is 0. The lowest BCUT2D eigenvalue weighted by Crippen LogP contribution is -2.20. The molecule has 1 nitrogen and oxygen atoms in total. The van der Waals surface area contributed by atoms with Gasteiger partial charge >= 0.3 is 0 Å². The number of ketones is 1. The van der Waals surface area contributed by atoms with E-state index in [4.69, 9.17) is 0 Å². The van der Waals surface area contributed by atoms with Gasteiger partial charge in [-0.05, 0) is 36.2 Å². The van der Waals surface area contributed by atoms with Gasteiger partial charge in [-0.15, -0.1) is 6.58 Å². The predicted octanol–water partition coefficient (Wildman–Crippen LogP) is 2.88. The van der Waals surface area contributed by atoms with Crippen molar-refractivity contribution in [1.29, 1.82) is 0 Å². The molecule has 0 bridgehead atoms. The number of allylic oxidation sites excluding steroid dienone is 2. The minimum absolute atomic E-state index is 0.232. The van der Waals surface area contributed by atoms with Crippen molar-refractivity contribution in [2.24, 2.45) is 11.3 Å². The number of carbonyl (C=O) groups excluding carboxylic acids is 1. The molecule has 0 heterocycles. The molecule has 2 aliphatic rings. The summed E-state index contributed by atoms with van der Waals surface area (Å²) in [5, 5.41) is 0. The molecule has 2 rings (SSSR count). The number of hydrogen-bond acceptors (Lipinski definition) is 1. The Morgan fingerprint density at radius 3 is 2.77 bits per heavy atom. The SMILES string of the molecule is C=CC1CCCC12CC(=C)C(=O)C2. The molecule has 0 amide bonds. The van der Waals surface area contributed by atoms with Crippen LogP contribution in [0, 0.1) is 11.3 Å². The molecule has 0 aliphatic heterocycles. The smallest absolute Gasteiger partial charge is 0.158 e. The van der Waals surface area contributed by atoms with Crippen LogP contribution in [0.1, 0.15) is 32.1 Å². The Balaban J connectivity index is 2.26. The molecule has 1 spiro atoms. The maximum absolute atomic E-state index is 11.5. The Bertz CT molecular complexity index is 259. The van der Waals surface area contributed by atoms with Crippen molar-refractivity contribution in [3.63, 3.8) is 0 Å². The largest absolute Gasteiger partial charge is 0.295 e. The molecule has 0 N–H and O–H groups in total. The first-order chi connectivity index (χ1) is 6.18. The van der Waals surface area contributed by atoms with Gasteiger partial charge in [-0.2, -0.15) is 0 Å². The van der Waals surface area contributed by atoms with E-state index in [-0.39, 0.29) is 11.2 Å². The van der Waals surface area contributed by atoms with E-state index >= 15 is 0 Å². The zero-order chi connectivity index (χ0) is 9.47. The zero-order valence-corrected chi connectivity index (χ0v) is 8.01. The third-order valence-corrected chi connectivity index (χ3v) is 3.73. The van der Waals surface area contributed by atoms with Gasteiger partial charge in [0.05, 0.1) is 0 Å². The fourth-order valence-corrected chi connectivity index (χ4v) is 3.00. The summed E-state index contributed by atoms with van der Waals surface area (Å²) in [4.78, 5) is 11.5. The Hall–Kier alpha value is -0.850. The van der Waals surface area contributed by atoms with Crippen LogP contribution in [-0.2, 0) is 4.79 Å². The average molecular weight is 176 g/mol. The minimum Gasteiger partial charge on any atom is -0.295 e. The third-order valence-electron chi connectivity index (χ3n) is 3.73. The lowest BCUT2D eigenvalue weighted by molar-refractivity contribution is -0.115. The van der Waals surface area contributed by atoms with Gasteiger partial charge in [-0.3, -0.25) is 4.79 Å². The second kappa shape index (κ2) is 2.83. The van der Waals surface area contributed by atoms with Crippen molar-refractivity contribution in [2.75, 3.05) is 0 Å². The van der Waals surface area contributed by atoms with Crippen molar-refractivity contribution < 1.29 is 4.79 Å². The van der Waals surface area contributed by atoms with Gasteiger partial charge in [-0.25, -0.2) is 0 Å². The molecule has 0 saturated heterocycles. The first kappa shape index (κ1) is 8.74. The molecular formula is C12H16O. The molecule has 0 aromatic rings. The van der Waals surface area contributed by atoms with E-state index in [2.05, 4.69) is 13.2 Å². The lowest BCUT2D eigenvalue weighted by Gasteiger charge is -2.27. The quantitative estimate of drug-likeness (QED) is 0.443. The maximum atomic E-state index is 11.5. The van der Waals surface area contributed by atoms with Crippen molar-refractivity contribution >= 4 is 5.78 Å². The van der Waals surface area contributed by atoms with Crippen molar-refractivity contribution in [1.82, 2.24) is 0 Å². The fraction of sp³-hybridized carbons (Fsp3) is 0.583. The Kier molecular flexibility index (Phi) is 1.90. The van der Waals surface area contributed by atoms with Crippen LogP contribution in [0.4, 0.5) is 0 Å². The van der Waals surface area contributed by atoms with Crippen molar-refractivity contribution in [3.8, 4) is 0 Å². The highest BCUT2D eigenvalue weighted by atomic mass is 16.1. The summed E-state index contributed by atoms with van der Waals surface area (Å²) in [5.41, 5.74) is 1.07. The molecule has 2 unspecified atom stereocenters. The molecule has 2 atom stereocenters. The van der Waals surface area contributed by atoms with Gasteiger partial charge < -0.3 is 0 Å². The molecule has 2 aliphatic carbocycles. The summed E-state index contributed by atoms with van der Waals surface area (Å²) in [6.07, 6.45) is 7.33. The van der Waals surface area contributed by atoms with Gasteiger partial charge in [0.2, 0.25) is 0 Å².